The van der Waals surface area contributed by atoms with Gasteiger partial charge < -0.3 is 20.2 Å². The van der Waals surface area contributed by atoms with Crippen LogP contribution in [0.3, 0.4) is 0 Å². The van der Waals surface area contributed by atoms with Crippen molar-refractivity contribution in [1.29, 1.82) is 0 Å². The van der Waals surface area contributed by atoms with Gasteiger partial charge in [-0.25, -0.2) is 4.99 Å². The highest BCUT2D eigenvalue weighted by molar-refractivity contribution is 5.79. The van der Waals surface area contributed by atoms with Gasteiger partial charge in [-0.15, -0.1) is 0 Å². The molecular weight excluding hydrogens is 278 g/mol. The number of nitrogens with one attached hydrogen (secondary N) is 2. The van der Waals surface area contributed by atoms with Crippen molar-refractivity contribution in [1.82, 2.24) is 10.6 Å². The number of aryl methyl sites for hydroxylation is 2. The zero-order chi connectivity index (χ0) is 16.8. The molecule has 0 fully saturated rings. The Morgan fingerprint density at radius 1 is 1.36 bits per heavy atom. The van der Waals surface area contributed by atoms with Crippen LogP contribution in [-0.4, -0.2) is 30.7 Å². The van der Waals surface area contributed by atoms with E-state index in [1.165, 1.54) is 0 Å². The third kappa shape index (κ3) is 5.72. The van der Waals surface area contributed by atoms with E-state index < -0.39 is 5.60 Å². The Hall–Kier alpha value is -1.49. The van der Waals surface area contributed by atoms with Crippen molar-refractivity contribution >= 4 is 5.96 Å². The molecule has 22 heavy (non-hydrogen) atoms. The van der Waals surface area contributed by atoms with Crippen LogP contribution < -0.4 is 10.6 Å². The van der Waals surface area contributed by atoms with E-state index in [1.807, 2.05) is 26.8 Å². The van der Waals surface area contributed by atoms with Crippen molar-refractivity contribution in [3.63, 3.8) is 0 Å². The van der Waals surface area contributed by atoms with Gasteiger partial charge in [0.1, 0.15) is 17.1 Å². The molecule has 0 aliphatic heterocycles. The second-order valence-corrected chi connectivity index (χ2v) is 6.41. The van der Waals surface area contributed by atoms with Crippen LogP contribution in [0.4, 0.5) is 0 Å². The summed E-state index contributed by atoms with van der Waals surface area (Å²) in [5, 5.41) is 17.2. The molecular formula is C17H31N3O2. The van der Waals surface area contributed by atoms with Crippen LogP contribution in [0.15, 0.2) is 15.5 Å². The van der Waals surface area contributed by atoms with Crippen molar-refractivity contribution in [2.75, 3.05) is 19.6 Å². The Labute approximate surface area is 134 Å². The second-order valence-electron chi connectivity index (χ2n) is 6.41. The molecule has 1 atom stereocenters. The zero-order valence-electron chi connectivity index (χ0n) is 14.8. The van der Waals surface area contributed by atoms with Crippen molar-refractivity contribution in [2.24, 2.45) is 10.9 Å². The van der Waals surface area contributed by atoms with E-state index in [2.05, 4.69) is 29.5 Å². The minimum atomic E-state index is -1.04. The molecule has 1 heterocycles. The number of aliphatic imine (C=N–C) groups is 1. The van der Waals surface area contributed by atoms with E-state index >= 15 is 0 Å². The average molecular weight is 309 g/mol. The largest absolute Gasteiger partial charge is 0.466 e. The number of aliphatic hydroxyl groups is 1. The second kappa shape index (κ2) is 8.22. The number of furan rings is 1. The van der Waals surface area contributed by atoms with Gasteiger partial charge in [0.2, 0.25) is 0 Å². The minimum absolute atomic E-state index is 0.282. The molecule has 3 N–H and O–H groups in total. The summed E-state index contributed by atoms with van der Waals surface area (Å²) < 4.78 is 5.51. The average Bonchev–Trinajstić information content (AvgIpc) is 2.75. The Balaban J connectivity index is 2.73. The van der Waals surface area contributed by atoms with E-state index in [0.29, 0.717) is 5.92 Å². The Morgan fingerprint density at radius 2 is 2.05 bits per heavy atom. The summed E-state index contributed by atoms with van der Waals surface area (Å²) in [4.78, 5) is 4.51. The first-order valence-electron chi connectivity index (χ1n) is 8.08. The zero-order valence-corrected chi connectivity index (χ0v) is 14.8. The van der Waals surface area contributed by atoms with Gasteiger partial charge in [-0.2, -0.15) is 0 Å². The Kier molecular flexibility index (Phi) is 6.94. The van der Waals surface area contributed by atoms with E-state index in [4.69, 9.17) is 4.42 Å². The summed E-state index contributed by atoms with van der Waals surface area (Å²) in [6.45, 7) is 13.9. The van der Waals surface area contributed by atoms with Crippen molar-refractivity contribution in [3.8, 4) is 0 Å². The fourth-order valence-corrected chi connectivity index (χ4v) is 2.30. The van der Waals surface area contributed by atoms with Crippen LogP contribution in [0.5, 0.6) is 0 Å². The standard InChI is InChI=1S/C17H31N3O2/c1-7-18-16(19-9-8-12(2)3)20-11-17(6,21)15-10-13(4)22-14(15)5/h10,12,21H,7-9,11H2,1-6H3,(H2,18,19,20). The number of nitrogens with zero attached hydrogens (tertiary/aromatic N) is 1. The number of guanidine groups is 1. The van der Waals surface area contributed by atoms with Gasteiger partial charge in [0, 0.05) is 18.7 Å². The van der Waals surface area contributed by atoms with Crippen LogP contribution in [0.25, 0.3) is 0 Å². The highest BCUT2D eigenvalue weighted by Gasteiger charge is 2.27. The van der Waals surface area contributed by atoms with Crippen LogP contribution in [0, 0.1) is 19.8 Å². The number of hydrogen-bond donors (Lipinski definition) is 3. The molecule has 0 spiro atoms. The van der Waals surface area contributed by atoms with Crippen LogP contribution in [-0.2, 0) is 5.60 Å². The molecule has 1 aromatic heterocycles. The quantitative estimate of drug-likeness (QED) is 0.535. The first-order chi connectivity index (χ1) is 10.3. The van der Waals surface area contributed by atoms with Crippen molar-refractivity contribution in [2.45, 2.75) is 53.6 Å². The molecule has 5 nitrogen and oxygen atoms in total. The molecule has 5 heteroatoms. The summed E-state index contributed by atoms with van der Waals surface area (Å²) >= 11 is 0. The third-order valence-corrected chi connectivity index (χ3v) is 3.52. The van der Waals surface area contributed by atoms with Gasteiger partial charge in [-0.3, -0.25) is 0 Å². The number of rotatable bonds is 7. The van der Waals surface area contributed by atoms with Gasteiger partial charge in [0.15, 0.2) is 5.96 Å². The van der Waals surface area contributed by atoms with Gasteiger partial charge >= 0.3 is 0 Å². The monoisotopic (exact) mass is 309 g/mol. The summed E-state index contributed by atoms with van der Waals surface area (Å²) in [6.07, 6.45) is 1.08. The fraction of sp³-hybridized carbons (Fsp3) is 0.706. The molecule has 0 saturated carbocycles. The molecule has 1 unspecified atom stereocenters. The molecule has 1 rings (SSSR count). The summed E-state index contributed by atoms with van der Waals surface area (Å²) in [5.74, 6) is 2.94. The molecule has 0 aromatic carbocycles. The maximum atomic E-state index is 10.7. The SMILES string of the molecule is CCNC(=NCC(C)(O)c1cc(C)oc1C)NCCC(C)C. The lowest BCUT2D eigenvalue weighted by molar-refractivity contribution is 0.0657. The first-order valence-corrected chi connectivity index (χ1v) is 8.08. The lowest BCUT2D eigenvalue weighted by atomic mass is 9.96. The van der Waals surface area contributed by atoms with E-state index in [1.54, 1.807) is 6.92 Å². The fourth-order valence-electron chi connectivity index (χ4n) is 2.30. The minimum Gasteiger partial charge on any atom is -0.466 e. The summed E-state index contributed by atoms with van der Waals surface area (Å²) in [7, 11) is 0. The van der Waals surface area contributed by atoms with Gasteiger partial charge in [-0.1, -0.05) is 13.8 Å². The molecule has 0 radical (unpaired) electrons. The summed E-state index contributed by atoms with van der Waals surface area (Å²) in [6, 6.07) is 1.88. The van der Waals surface area contributed by atoms with E-state index in [9.17, 15) is 5.11 Å². The van der Waals surface area contributed by atoms with E-state index in [0.717, 1.165) is 42.6 Å². The molecule has 126 valence electrons. The Bertz CT molecular complexity index is 490. The van der Waals surface area contributed by atoms with Crippen molar-refractivity contribution in [3.05, 3.63) is 23.2 Å². The lowest BCUT2D eigenvalue weighted by Crippen LogP contribution is -2.39. The molecule has 0 amide bonds. The van der Waals surface area contributed by atoms with Gasteiger partial charge in [0.05, 0.1) is 6.54 Å². The predicted octanol–water partition coefficient (Wildman–Crippen LogP) is 2.71. The van der Waals surface area contributed by atoms with Gasteiger partial charge in [-0.05, 0) is 46.1 Å². The number of hydrogen-bond acceptors (Lipinski definition) is 3. The Morgan fingerprint density at radius 3 is 2.55 bits per heavy atom. The molecule has 0 aliphatic carbocycles. The maximum Gasteiger partial charge on any atom is 0.191 e. The van der Waals surface area contributed by atoms with Gasteiger partial charge in [0.25, 0.3) is 0 Å². The van der Waals surface area contributed by atoms with E-state index in [-0.39, 0.29) is 6.54 Å². The highest BCUT2D eigenvalue weighted by Crippen LogP contribution is 2.27. The van der Waals surface area contributed by atoms with Crippen LogP contribution in [0.1, 0.15) is 51.2 Å². The highest BCUT2D eigenvalue weighted by atomic mass is 16.3. The molecule has 1 aromatic rings. The predicted molar refractivity (Wildman–Crippen MR) is 91.2 cm³/mol. The van der Waals surface area contributed by atoms with Crippen LogP contribution >= 0.6 is 0 Å². The molecule has 0 bridgehead atoms. The molecule has 0 saturated heterocycles. The normalized spacial score (nSPS) is 15.0. The van der Waals surface area contributed by atoms with Crippen molar-refractivity contribution < 1.29 is 9.52 Å². The topological polar surface area (TPSA) is 69.8 Å². The lowest BCUT2D eigenvalue weighted by Gasteiger charge is -2.21. The first kappa shape index (κ1) is 18.6. The smallest absolute Gasteiger partial charge is 0.191 e. The maximum absolute atomic E-state index is 10.7. The third-order valence-electron chi connectivity index (χ3n) is 3.52. The van der Waals surface area contributed by atoms with Crippen LogP contribution in [0.2, 0.25) is 0 Å². The summed E-state index contributed by atoms with van der Waals surface area (Å²) in [5.41, 5.74) is -0.241. The molecule has 0 aliphatic rings.